The number of carbonyl (C=O) groups is 2. The third kappa shape index (κ3) is 6.22. The number of nitrogens with zero attached hydrogens (tertiary/aromatic N) is 1. The van der Waals surface area contributed by atoms with Gasteiger partial charge in [-0.2, -0.15) is 0 Å². The van der Waals surface area contributed by atoms with Gasteiger partial charge in [-0.15, -0.1) is 0 Å². The first kappa shape index (κ1) is 14.7. The summed E-state index contributed by atoms with van der Waals surface area (Å²) in [7, 11) is 0. The lowest BCUT2D eigenvalue weighted by Gasteiger charge is -2.23. The van der Waals surface area contributed by atoms with Crippen molar-refractivity contribution >= 4 is 11.8 Å². The average molecular weight is 226 g/mol. The van der Waals surface area contributed by atoms with Crippen LogP contribution >= 0.6 is 0 Å². The Kier molecular flexibility index (Phi) is 6.46. The minimum Gasteiger partial charge on any atom is -0.352 e. The zero-order chi connectivity index (χ0) is 12.7. The summed E-state index contributed by atoms with van der Waals surface area (Å²) in [5.41, 5.74) is 0. The first-order chi connectivity index (χ1) is 7.36. The van der Waals surface area contributed by atoms with Gasteiger partial charge in [0, 0.05) is 12.6 Å². The Balaban J connectivity index is 4.36. The average Bonchev–Trinajstić information content (AvgIpc) is 2.13. The van der Waals surface area contributed by atoms with E-state index in [0.717, 1.165) is 0 Å². The van der Waals surface area contributed by atoms with Crippen LogP contribution in [0.1, 0.15) is 27.7 Å². The molecule has 0 saturated carbocycles. The highest BCUT2D eigenvalue weighted by atomic mass is 16.2. The molecule has 2 amide bonds. The molecule has 0 aliphatic carbocycles. The molecule has 0 aliphatic heterocycles. The lowest BCUT2D eigenvalue weighted by atomic mass is 10.2. The largest absolute Gasteiger partial charge is 0.352 e. The zero-order valence-electron chi connectivity index (χ0n) is 10.6. The van der Waals surface area contributed by atoms with E-state index in [9.17, 15) is 9.59 Å². The van der Waals surface area contributed by atoms with Crippen LogP contribution in [0.5, 0.6) is 0 Å². The smallest absolute Gasteiger partial charge is 0.246 e. The van der Waals surface area contributed by atoms with Gasteiger partial charge in [-0.25, -0.2) is 0 Å². The molecule has 0 heterocycles. The predicted molar refractivity (Wildman–Crippen MR) is 64.9 cm³/mol. The Bertz CT molecular complexity index is 260. The molecule has 0 unspecified atom stereocenters. The second-order valence-corrected chi connectivity index (χ2v) is 4.54. The predicted octanol–water partition coefficient (Wildman–Crippen LogP) is 1.18. The number of amides is 2. The molecule has 0 aromatic rings. The highest BCUT2D eigenvalue weighted by Gasteiger charge is 2.16. The minimum absolute atomic E-state index is 0.0900. The Morgan fingerprint density at radius 1 is 1.31 bits per heavy atom. The summed E-state index contributed by atoms with van der Waals surface area (Å²) in [5, 5.41) is 2.76. The fourth-order valence-corrected chi connectivity index (χ4v) is 1.34. The highest BCUT2D eigenvalue weighted by Crippen LogP contribution is 2.00. The van der Waals surface area contributed by atoms with Crippen LogP contribution in [-0.2, 0) is 9.59 Å². The standard InChI is InChI=1S/C12H22N2O2/c1-6-12(16)14(7-9(2)3)8-11(15)13-10(4)5/h6,9-10H,1,7-8H2,2-5H3,(H,13,15). The second kappa shape index (κ2) is 7.04. The van der Waals surface area contributed by atoms with Gasteiger partial charge in [0.2, 0.25) is 11.8 Å². The van der Waals surface area contributed by atoms with Crippen LogP contribution in [0.4, 0.5) is 0 Å². The van der Waals surface area contributed by atoms with E-state index in [1.807, 2.05) is 27.7 Å². The van der Waals surface area contributed by atoms with Gasteiger partial charge in [0.05, 0.1) is 6.54 Å². The van der Waals surface area contributed by atoms with Gasteiger partial charge >= 0.3 is 0 Å². The topological polar surface area (TPSA) is 49.4 Å². The molecule has 0 atom stereocenters. The molecule has 4 heteroatoms. The van der Waals surface area contributed by atoms with Crippen molar-refractivity contribution in [3.8, 4) is 0 Å². The zero-order valence-corrected chi connectivity index (χ0v) is 10.6. The summed E-state index contributed by atoms with van der Waals surface area (Å²) < 4.78 is 0. The van der Waals surface area contributed by atoms with Crippen LogP contribution < -0.4 is 5.32 Å². The molecule has 0 radical (unpaired) electrons. The number of rotatable bonds is 6. The molecular weight excluding hydrogens is 204 g/mol. The molecule has 0 bridgehead atoms. The van der Waals surface area contributed by atoms with Crippen LogP contribution in [0.25, 0.3) is 0 Å². The number of hydrogen-bond donors (Lipinski definition) is 1. The first-order valence-electron chi connectivity index (χ1n) is 5.57. The third-order valence-corrected chi connectivity index (χ3v) is 1.86. The van der Waals surface area contributed by atoms with E-state index in [4.69, 9.17) is 0 Å². The highest BCUT2D eigenvalue weighted by molar-refractivity contribution is 5.90. The summed E-state index contributed by atoms with van der Waals surface area (Å²) in [6.45, 7) is 11.9. The van der Waals surface area contributed by atoms with Gasteiger partial charge < -0.3 is 10.2 Å². The molecule has 1 N–H and O–H groups in total. The quantitative estimate of drug-likeness (QED) is 0.691. The summed E-state index contributed by atoms with van der Waals surface area (Å²) >= 11 is 0. The van der Waals surface area contributed by atoms with Gasteiger partial charge in [-0.05, 0) is 25.8 Å². The van der Waals surface area contributed by atoms with Crippen molar-refractivity contribution in [1.82, 2.24) is 10.2 Å². The van der Waals surface area contributed by atoms with Crippen LogP contribution in [0.2, 0.25) is 0 Å². The summed E-state index contributed by atoms with van der Waals surface area (Å²) in [6.07, 6.45) is 1.24. The molecule has 4 nitrogen and oxygen atoms in total. The molecule has 0 spiro atoms. The molecular formula is C12H22N2O2. The lowest BCUT2D eigenvalue weighted by molar-refractivity contribution is -0.133. The second-order valence-electron chi connectivity index (χ2n) is 4.54. The Morgan fingerprint density at radius 3 is 2.25 bits per heavy atom. The molecule has 92 valence electrons. The van der Waals surface area contributed by atoms with Crippen molar-refractivity contribution in [3.63, 3.8) is 0 Å². The van der Waals surface area contributed by atoms with Crippen molar-refractivity contribution in [3.05, 3.63) is 12.7 Å². The van der Waals surface area contributed by atoms with Gasteiger partial charge in [0.1, 0.15) is 0 Å². The van der Waals surface area contributed by atoms with E-state index >= 15 is 0 Å². The van der Waals surface area contributed by atoms with Gasteiger partial charge in [0.25, 0.3) is 0 Å². The van der Waals surface area contributed by atoms with E-state index < -0.39 is 0 Å². The third-order valence-electron chi connectivity index (χ3n) is 1.86. The SMILES string of the molecule is C=CC(=O)N(CC(=O)NC(C)C)CC(C)C. The maximum atomic E-state index is 11.5. The normalized spacial score (nSPS) is 10.4. The lowest BCUT2D eigenvalue weighted by Crippen LogP contribution is -2.43. The maximum Gasteiger partial charge on any atom is 0.246 e. The Morgan fingerprint density at radius 2 is 1.88 bits per heavy atom. The molecule has 0 aliphatic rings. The monoisotopic (exact) mass is 226 g/mol. The Hall–Kier alpha value is -1.32. The van der Waals surface area contributed by atoms with Gasteiger partial charge in [-0.3, -0.25) is 9.59 Å². The molecule has 16 heavy (non-hydrogen) atoms. The first-order valence-corrected chi connectivity index (χ1v) is 5.57. The number of carbonyl (C=O) groups excluding carboxylic acids is 2. The van der Waals surface area contributed by atoms with E-state index in [0.29, 0.717) is 12.5 Å². The number of hydrogen-bond acceptors (Lipinski definition) is 2. The van der Waals surface area contributed by atoms with Crippen LogP contribution in [0, 0.1) is 5.92 Å². The summed E-state index contributed by atoms with van der Waals surface area (Å²) in [6, 6.07) is 0.0900. The fourth-order valence-electron chi connectivity index (χ4n) is 1.34. The van der Waals surface area contributed by atoms with Crippen molar-refractivity contribution < 1.29 is 9.59 Å². The summed E-state index contributed by atoms with van der Waals surface area (Å²) in [4.78, 5) is 24.5. The van der Waals surface area contributed by atoms with E-state index in [-0.39, 0.29) is 24.4 Å². The molecule has 0 aromatic carbocycles. The van der Waals surface area contributed by atoms with Crippen molar-refractivity contribution in [2.24, 2.45) is 5.92 Å². The minimum atomic E-state index is -0.201. The molecule has 0 saturated heterocycles. The van der Waals surface area contributed by atoms with Crippen molar-refractivity contribution in [1.29, 1.82) is 0 Å². The maximum absolute atomic E-state index is 11.5. The molecule has 0 aromatic heterocycles. The van der Waals surface area contributed by atoms with Crippen molar-refractivity contribution in [2.75, 3.05) is 13.1 Å². The van der Waals surface area contributed by atoms with E-state index in [2.05, 4.69) is 11.9 Å². The number of nitrogens with one attached hydrogen (secondary N) is 1. The fraction of sp³-hybridized carbons (Fsp3) is 0.667. The Labute approximate surface area is 97.7 Å². The van der Waals surface area contributed by atoms with E-state index in [1.54, 1.807) is 0 Å². The van der Waals surface area contributed by atoms with Gasteiger partial charge in [-0.1, -0.05) is 20.4 Å². The van der Waals surface area contributed by atoms with Crippen LogP contribution in [0.3, 0.4) is 0 Å². The van der Waals surface area contributed by atoms with Gasteiger partial charge in [0.15, 0.2) is 0 Å². The molecule has 0 fully saturated rings. The van der Waals surface area contributed by atoms with Crippen LogP contribution in [0.15, 0.2) is 12.7 Å². The summed E-state index contributed by atoms with van der Waals surface area (Å²) in [5.74, 6) is -0.00536. The van der Waals surface area contributed by atoms with Crippen LogP contribution in [-0.4, -0.2) is 35.8 Å². The van der Waals surface area contributed by atoms with E-state index in [1.165, 1.54) is 11.0 Å². The van der Waals surface area contributed by atoms with Crippen molar-refractivity contribution in [2.45, 2.75) is 33.7 Å². The molecule has 0 rings (SSSR count).